The first kappa shape index (κ1) is 22.9. The SMILES string of the molecule is CCOc1ccc(CN(C(=O)Nc2ccc(C(C)C)cc2)C2CCCc3ccccc32)cc1. The van der Waals surface area contributed by atoms with E-state index < -0.39 is 0 Å². The molecule has 2 amide bonds. The van der Waals surface area contributed by atoms with Crippen molar-refractivity contribution in [2.75, 3.05) is 11.9 Å². The molecule has 4 rings (SSSR count). The van der Waals surface area contributed by atoms with Crippen LogP contribution in [-0.2, 0) is 13.0 Å². The summed E-state index contributed by atoms with van der Waals surface area (Å²) in [6.45, 7) is 7.51. The van der Waals surface area contributed by atoms with Crippen LogP contribution in [-0.4, -0.2) is 17.5 Å². The predicted octanol–water partition coefficient (Wildman–Crippen LogP) is 7.32. The van der Waals surface area contributed by atoms with Crippen molar-refractivity contribution in [2.45, 2.75) is 58.5 Å². The number of aryl methyl sites for hydroxylation is 1. The molecule has 172 valence electrons. The maximum atomic E-state index is 13.6. The third-order valence-electron chi connectivity index (χ3n) is 6.39. The Labute approximate surface area is 197 Å². The molecular formula is C29H34N2O2. The molecule has 3 aromatic carbocycles. The van der Waals surface area contributed by atoms with Crippen LogP contribution in [0.25, 0.3) is 0 Å². The number of anilines is 1. The average Bonchev–Trinajstić information content (AvgIpc) is 2.84. The van der Waals surface area contributed by atoms with E-state index in [2.05, 4.69) is 67.7 Å². The zero-order valence-electron chi connectivity index (χ0n) is 19.9. The number of rotatable bonds is 7. The molecule has 4 nitrogen and oxygen atoms in total. The van der Waals surface area contributed by atoms with Gasteiger partial charge in [-0.15, -0.1) is 0 Å². The molecule has 0 saturated heterocycles. The average molecular weight is 443 g/mol. The van der Waals surface area contributed by atoms with Gasteiger partial charge in [0.15, 0.2) is 0 Å². The quantitative estimate of drug-likeness (QED) is 0.416. The second-order valence-corrected chi connectivity index (χ2v) is 9.02. The van der Waals surface area contributed by atoms with Crippen LogP contribution in [0.1, 0.15) is 67.8 Å². The molecule has 0 radical (unpaired) electrons. The van der Waals surface area contributed by atoms with Crippen molar-refractivity contribution < 1.29 is 9.53 Å². The fourth-order valence-electron chi connectivity index (χ4n) is 4.58. The maximum Gasteiger partial charge on any atom is 0.322 e. The number of carbonyl (C=O) groups excluding carboxylic acids is 1. The molecule has 33 heavy (non-hydrogen) atoms. The van der Waals surface area contributed by atoms with Crippen molar-refractivity contribution in [3.05, 3.63) is 95.1 Å². The fourth-order valence-corrected chi connectivity index (χ4v) is 4.58. The summed E-state index contributed by atoms with van der Waals surface area (Å²) in [5.41, 5.74) is 5.79. The van der Waals surface area contributed by atoms with Crippen LogP contribution >= 0.6 is 0 Å². The highest BCUT2D eigenvalue weighted by atomic mass is 16.5. The lowest BCUT2D eigenvalue weighted by Crippen LogP contribution is -2.39. The number of nitrogens with one attached hydrogen (secondary N) is 1. The van der Waals surface area contributed by atoms with Gasteiger partial charge in [-0.3, -0.25) is 0 Å². The maximum absolute atomic E-state index is 13.6. The Kier molecular flexibility index (Phi) is 7.33. The van der Waals surface area contributed by atoms with E-state index in [1.165, 1.54) is 16.7 Å². The molecule has 1 aliphatic rings. The number of urea groups is 1. The molecule has 3 aromatic rings. The molecule has 0 fully saturated rings. The Morgan fingerprint density at radius 3 is 2.45 bits per heavy atom. The highest BCUT2D eigenvalue weighted by Crippen LogP contribution is 2.35. The Morgan fingerprint density at radius 1 is 1.03 bits per heavy atom. The zero-order valence-corrected chi connectivity index (χ0v) is 19.9. The van der Waals surface area contributed by atoms with Gasteiger partial charge < -0.3 is 15.0 Å². The van der Waals surface area contributed by atoms with E-state index in [4.69, 9.17) is 4.74 Å². The summed E-state index contributed by atoms with van der Waals surface area (Å²) < 4.78 is 5.59. The number of carbonyl (C=O) groups is 1. The van der Waals surface area contributed by atoms with Crippen LogP contribution in [0.4, 0.5) is 10.5 Å². The van der Waals surface area contributed by atoms with E-state index in [1.807, 2.05) is 36.1 Å². The van der Waals surface area contributed by atoms with Gasteiger partial charge >= 0.3 is 6.03 Å². The molecule has 4 heteroatoms. The Hall–Kier alpha value is -3.27. The summed E-state index contributed by atoms with van der Waals surface area (Å²) in [6.07, 6.45) is 3.12. The van der Waals surface area contributed by atoms with Crippen LogP contribution in [0, 0.1) is 0 Å². The Balaban J connectivity index is 1.60. The second-order valence-electron chi connectivity index (χ2n) is 9.02. The molecule has 0 aliphatic heterocycles. The number of hydrogen-bond donors (Lipinski definition) is 1. The topological polar surface area (TPSA) is 41.6 Å². The van der Waals surface area contributed by atoms with Gasteiger partial charge in [-0.1, -0.05) is 62.4 Å². The van der Waals surface area contributed by atoms with Crippen LogP contribution in [0.15, 0.2) is 72.8 Å². The van der Waals surface area contributed by atoms with Crippen LogP contribution in [0.5, 0.6) is 5.75 Å². The van der Waals surface area contributed by atoms with Crippen LogP contribution in [0.2, 0.25) is 0 Å². The van der Waals surface area contributed by atoms with Gasteiger partial charge in [-0.2, -0.15) is 0 Å². The fraction of sp³-hybridized carbons (Fsp3) is 0.345. The third kappa shape index (κ3) is 5.57. The minimum absolute atomic E-state index is 0.0523. The van der Waals surface area contributed by atoms with Crippen molar-refractivity contribution in [1.29, 1.82) is 0 Å². The lowest BCUT2D eigenvalue weighted by molar-refractivity contribution is 0.175. The summed E-state index contributed by atoms with van der Waals surface area (Å²) in [5.74, 6) is 1.31. The van der Waals surface area contributed by atoms with E-state index in [1.54, 1.807) is 0 Å². The van der Waals surface area contributed by atoms with E-state index >= 15 is 0 Å². The smallest absolute Gasteiger partial charge is 0.322 e. The molecule has 1 atom stereocenters. The number of fused-ring (bicyclic) bond motifs is 1. The number of benzene rings is 3. The van der Waals surface area contributed by atoms with Crippen LogP contribution in [0.3, 0.4) is 0 Å². The minimum Gasteiger partial charge on any atom is -0.494 e. The van der Waals surface area contributed by atoms with Gasteiger partial charge in [0.1, 0.15) is 5.75 Å². The Bertz CT molecular complexity index is 1060. The molecule has 1 aliphatic carbocycles. The largest absolute Gasteiger partial charge is 0.494 e. The van der Waals surface area contributed by atoms with Crippen molar-refractivity contribution >= 4 is 11.7 Å². The van der Waals surface area contributed by atoms with E-state index in [0.717, 1.165) is 36.3 Å². The van der Waals surface area contributed by atoms with E-state index in [0.29, 0.717) is 19.1 Å². The number of hydrogen-bond acceptors (Lipinski definition) is 2. The first-order valence-corrected chi connectivity index (χ1v) is 12.0. The van der Waals surface area contributed by atoms with Gasteiger partial charge in [0.25, 0.3) is 0 Å². The van der Waals surface area contributed by atoms with Crippen molar-refractivity contribution in [3.8, 4) is 5.75 Å². The lowest BCUT2D eigenvalue weighted by atomic mass is 9.86. The summed E-state index contributed by atoms with van der Waals surface area (Å²) in [6, 6.07) is 24.8. The normalized spacial score (nSPS) is 15.1. The van der Waals surface area contributed by atoms with Gasteiger partial charge in [-0.05, 0) is 78.6 Å². The van der Waals surface area contributed by atoms with Crippen molar-refractivity contribution in [1.82, 2.24) is 4.90 Å². The summed E-state index contributed by atoms with van der Waals surface area (Å²) in [7, 11) is 0. The molecule has 0 spiro atoms. The number of ether oxygens (including phenoxy) is 1. The summed E-state index contributed by atoms with van der Waals surface area (Å²) in [4.78, 5) is 15.6. The first-order valence-electron chi connectivity index (χ1n) is 12.0. The van der Waals surface area contributed by atoms with Crippen LogP contribution < -0.4 is 10.1 Å². The monoisotopic (exact) mass is 442 g/mol. The zero-order chi connectivity index (χ0) is 23.2. The van der Waals surface area contributed by atoms with E-state index in [-0.39, 0.29) is 12.1 Å². The molecule has 0 saturated carbocycles. The standard InChI is InChI=1S/C29H34N2O2/c1-4-33-26-18-12-22(13-19-26)20-31(28-11-7-9-24-8-5-6-10-27(24)28)29(32)30-25-16-14-23(15-17-25)21(2)3/h5-6,8,10,12-19,21,28H,4,7,9,11,20H2,1-3H3,(H,30,32). The van der Waals surface area contributed by atoms with Crippen molar-refractivity contribution in [2.24, 2.45) is 0 Å². The summed E-state index contributed by atoms with van der Waals surface area (Å²) >= 11 is 0. The van der Waals surface area contributed by atoms with Gasteiger partial charge in [0, 0.05) is 12.2 Å². The predicted molar refractivity (Wildman–Crippen MR) is 135 cm³/mol. The van der Waals surface area contributed by atoms with Gasteiger partial charge in [-0.25, -0.2) is 4.79 Å². The van der Waals surface area contributed by atoms with Crippen molar-refractivity contribution in [3.63, 3.8) is 0 Å². The van der Waals surface area contributed by atoms with E-state index in [9.17, 15) is 4.79 Å². The first-order chi connectivity index (χ1) is 16.0. The minimum atomic E-state index is -0.0668. The molecular weight excluding hydrogens is 408 g/mol. The second kappa shape index (κ2) is 10.6. The highest BCUT2D eigenvalue weighted by molar-refractivity contribution is 5.89. The third-order valence-corrected chi connectivity index (χ3v) is 6.39. The highest BCUT2D eigenvalue weighted by Gasteiger charge is 2.29. The lowest BCUT2D eigenvalue weighted by Gasteiger charge is -2.36. The van der Waals surface area contributed by atoms with Gasteiger partial charge in [0.05, 0.1) is 12.6 Å². The molecule has 1 N–H and O–H groups in total. The molecule has 0 aromatic heterocycles. The number of amides is 2. The summed E-state index contributed by atoms with van der Waals surface area (Å²) in [5, 5.41) is 3.15. The molecule has 0 bridgehead atoms. The van der Waals surface area contributed by atoms with Gasteiger partial charge in [0.2, 0.25) is 0 Å². The molecule has 0 heterocycles. The Morgan fingerprint density at radius 2 is 1.76 bits per heavy atom. The number of nitrogens with zero attached hydrogens (tertiary/aromatic N) is 1. The molecule has 1 unspecified atom stereocenters.